The Bertz CT molecular complexity index is 1100. The maximum Gasteiger partial charge on any atom is 0.316 e. The summed E-state index contributed by atoms with van der Waals surface area (Å²) >= 11 is 2.27. The van der Waals surface area contributed by atoms with Gasteiger partial charge in [-0.3, -0.25) is 24.0 Å². The molecule has 1 saturated heterocycles. The maximum atomic E-state index is 13.9. The fourth-order valence-corrected chi connectivity index (χ4v) is 5.63. The summed E-state index contributed by atoms with van der Waals surface area (Å²) in [6.07, 6.45) is 4.12. The second-order valence-electron chi connectivity index (χ2n) is 11.4. The predicted molar refractivity (Wildman–Crippen MR) is 173 cm³/mol. The molecule has 0 saturated carbocycles. The first-order valence-electron chi connectivity index (χ1n) is 14.3. The molecule has 13 heteroatoms. The largest absolute Gasteiger partial charge is 0.346 e. The van der Waals surface area contributed by atoms with Crippen LogP contribution in [0.3, 0.4) is 0 Å². The Kier molecular flexibility index (Phi) is 15.8. The Balaban J connectivity index is 3.10. The molecule has 4 N–H and O–H groups in total. The first kappa shape index (κ1) is 38.0. The number of nitrogens with one attached hydrogen (secondary N) is 4. The zero-order valence-electron chi connectivity index (χ0n) is 26.3. The molecular formula is C30H47N5O6S2. The van der Waals surface area contributed by atoms with Gasteiger partial charge in [0.05, 0.1) is 6.04 Å². The molecule has 0 bridgehead atoms. The molecule has 0 aromatic carbocycles. The summed E-state index contributed by atoms with van der Waals surface area (Å²) in [4.78, 5) is 79.9. The lowest BCUT2D eigenvalue weighted by Crippen LogP contribution is -2.61. The van der Waals surface area contributed by atoms with Gasteiger partial charge in [-0.25, -0.2) is 4.79 Å². The van der Waals surface area contributed by atoms with Gasteiger partial charge in [0.15, 0.2) is 5.78 Å². The molecular weight excluding hydrogens is 590 g/mol. The summed E-state index contributed by atoms with van der Waals surface area (Å²) in [5.74, 6) is -2.76. The summed E-state index contributed by atoms with van der Waals surface area (Å²) in [7, 11) is 0. The molecule has 1 heterocycles. The fraction of sp³-hybridized carbons (Fsp3) is 0.600. The number of hydrogen-bond acceptors (Lipinski definition) is 8. The van der Waals surface area contributed by atoms with E-state index in [0.29, 0.717) is 18.6 Å². The number of amides is 5. The molecule has 1 rings (SSSR count). The first-order valence-corrected chi connectivity index (χ1v) is 16.3. The highest BCUT2D eigenvalue weighted by atomic mass is 32.2. The number of hydrogen-bond donors (Lipinski definition) is 4. The number of carbonyl (C=O) groups is 6. The van der Waals surface area contributed by atoms with Crippen LogP contribution in [0.1, 0.15) is 61.3 Å². The van der Waals surface area contributed by atoms with Crippen LogP contribution in [-0.4, -0.2) is 82.6 Å². The topological polar surface area (TPSA) is 154 Å². The molecule has 0 spiro atoms. The molecule has 1 fully saturated rings. The lowest BCUT2D eigenvalue weighted by molar-refractivity contribution is -0.143. The number of likely N-dealkylation sites (tertiary alicyclic amines) is 1. The van der Waals surface area contributed by atoms with Gasteiger partial charge in [-0.2, -0.15) is 0 Å². The van der Waals surface area contributed by atoms with E-state index in [1.807, 2.05) is 6.92 Å². The smallest absolute Gasteiger partial charge is 0.316 e. The minimum atomic E-state index is -1.12. The summed E-state index contributed by atoms with van der Waals surface area (Å²) in [5.41, 5.74) is -0.749. The lowest BCUT2D eigenvalue weighted by Gasteiger charge is -2.36. The Morgan fingerprint density at radius 1 is 1.05 bits per heavy atom. The van der Waals surface area contributed by atoms with Gasteiger partial charge in [-0.1, -0.05) is 72.0 Å². The molecule has 11 nitrogen and oxygen atoms in total. The SMILES string of the molecule is C=CCNC(=O)C(=O)C(NC(=O)[C@@H]1CCCN1C(=O)C(NC(=O)NC(C(=O)C(=C)S/C=C\C)C(C)C)C(C)(C)C)SCC. The lowest BCUT2D eigenvalue weighted by atomic mass is 9.85. The van der Waals surface area contributed by atoms with E-state index in [9.17, 15) is 28.8 Å². The van der Waals surface area contributed by atoms with Crippen LogP contribution in [0, 0.1) is 11.3 Å². The minimum Gasteiger partial charge on any atom is -0.346 e. The van der Waals surface area contributed by atoms with Crippen molar-refractivity contribution < 1.29 is 28.8 Å². The molecule has 3 unspecified atom stereocenters. The zero-order chi connectivity index (χ0) is 32.9. The van der Waals surface area contributed by atoms with Gasteiger partial charge < -0.3 is 26.2 Å². The van der Waals surface area contributed by atoms with E-state index in [-0.39, 0.29) is 29.7 Å². The monoisotopic (exact) mass is 637 g/mol. The fourth-order valence-electron chi connectivity index (χ4n) is 4.29. The number of ketones is 2. The van der Waals surface area contributed by atoms with Crippen LogP contribution in [-0.2, 0) is 24.0 Å². The van der Waals surface area contributed by atoms with Crippen molar-refractivity contribution in [2.75, 3.05) is 18.8 Å². The van der Waals surface area contributed by atoms with Crippen molar-refractivity contribution in [1.29, 1.82) is 0 Å². The third-order valence-corrected chi connectivity index (χ3v) is 8.45. The maximum absolute atomic E-state index is 13.9. The Hall–Kier alpha value is -3.06. The van der Waals surface area contributed by atoms with Crippen LogP contribution in [0.5, 0.6) is 0 Å². The van der Waals surface area contributed by atoms with E-state index in [2.05, 4.69) is 34.4 Å². The van der Waals surface area contributed by atoms with Crippen LogP contribution in [0.2, 0.25) is 0 Å². The van der Waals surface area contributed by atoms with E-state index in [1.165, 1.54) is 22.7 Å². The van der Waals surface area contributed by atoms with Gasteiger partial charge in [0.1, 0.15) is 17.5 Å². The third kappa shape index (κ3) is 11.5. The highest BCUT2D eigenvalue weighted by Gasteiger charge is 2.43. The summed E-state index contributed by atoms with van der Waals surface area (Å²) in [5, 5.41) is 11.1. The second kappa shape index (κ2) is 17.9. The van der Waals surface area contributed by atoms with Crippen molar-refractivity contribution in [2.45, 2.75) is 84.8 Å². The van der Waals surface area contributed by atoms with E-state index in [4.69, 9.17) is 0 Å². The van der Waals surface area contributed by atoms with Crippen LogP contribution in [0.4, 0.5) is 4.79 Å². The van der Waals surface area contributed by atoms with Gasteiger partial charge in [0.25, 0.3) is 11.7 Å². The van der Waals surface area contributed by atoms with E-state index >= 15 is 0 Å². The molecule has 43 heavy (non-hydrogen) atoms. The molecule has 0 aromatic rings. The van der Waals surface area contributed by atoms with E-state index < -0.39 is 58.5 Å². The van der Waals surface area contributed by atoms with Crippen molar-refractivity contribution in [2.24, 2.45) is 11.3 Å². The average molecular weight is 638 g/mol. The number of nitrogens with zero attached hydrogens (tertiary/aromatic N) is 1. The van der Waals surface area contributed by atoms with E-state index in [0.717, 1.165) is 11.8 Å². The Morgan fingerprint density at radius 3 is 2.23 bits per heavy atom. The molecule has 1 aliphatic rings. The normalized spacial score (nSPS) is 17.1. The molecule has 4 atom stereocenters. The Morgan fingerprint density at radius 2 is 1.70 bits per heavy atom. The Labute approximate surface area is 263 Å². The van der Waals surface area contributed by atoms with Crippen LogP contribution >= 0.6 is 23.5 Å². The van der Waals surface area contributed by atoms with Crippen molar-refractivity contribution in [1.82, 2.24) is 26.2 Å². The van der Waals surface area contributed by atoms with Crippen LogP contribution in [0.25, 0.3) is 0 Å². The molecule has 1 aliphatic heterocycles. The van der Waals surface area contributed by atoms with Crippen LogP contribution in [0.15, 0.2) is 35.6 Å². The van der Waals surface area contributed by atoms with Crippen LogP contribution < -0.4 is 21.3 Å². The predicted octanol–water partition coefficient (Wildman–Crippen LogP) is 3.13. The highest BCUT2D eigenvalue weighted by Crippen LogP contribution is 2.27. The first-order chi connectivity index (χ1) is 20.1. The summed E-state index contributed by atoms with van der Waals surface area (Å²) < 4.78 is 0. The van der Waals surface area contributed by atoms with Crippen molar-refractivity contribution in [3.05, 3.63) is 35.6 Å². The highest BCUT2D eigenvalue weighted by molar-refractivity contribution is 8.06. The van der Waals surface area contributed by atoms with Gasteiger partial charge >= 0.3 is 6.03 Å². The number of rotatable bonds is 16. The van der Waals surface area contributed by atoms with Gasteiger partial charge in [0.2, 0.25) is 11.8 Å². The molecule has 0 radical (unpaired) electrons. The van der Waals surface area contributed by atoms with E-state index in [1.54, 1.807) is 53.0 Å². The minimum absolute atomic E-state index is 0.109. The number of thioether (sulfide) groups is 2. The van der Waals surface area contributed by atoms with Gasteiger partial charge in [-0.15, -0.1) is 18.3 Å². The van der Waals surface area contributed by atoms with Gasteiger partial charge in [-0.05, 0) is 42.3 Å². The molecule has 240 valence electrons. The standard InChI is InChI=1S/C30H47N5O6S2/c1-10-15-31-26(39)23(37)27(42-12-3)34-25(38)20-14-13-16-35(20)28(40)24(30(7,8)9)33-29(41)32-21(18(4)5)22(36)19(6)43-17-11-2/h10-11,17-18,20-21,24,27H,1,6,12-16H2,2-5,7-9H3,(H,31,39)(H,34,38)(H2,32,33,41)/b17-11-/t20-,21?,24?,27?/m0/s1. The molecule has 5 amide bonds. The average Bonchev–Trinajstić information content (AvgIpc) is 3.44. The molecule has 0 aromatic heterocycles. The van der Waals surface area contributed by atoms with Crippen molar-refractivity contribution >= 4 is 58.8 Å². The second-order valence-corrected chi connectivity index (χ2v) is 13.8. The third-order valence-electron chi connectivity index (χ3n) is 6.56. The number of carbonyl (C=O) groups excluding carboxylic acids is 6. The number of urea groups is 1. The zero-order valence-corrected chi connectivity index (χ0v) is 27.9. The number of Topliss-reactive ketones (excluding diaryl/α,β-unsaturated/α-hetero) is 2. The summed E-state index contributed by atoms with van der Waals surface area (Å²) in [6, 6.07) is -3.47. The quantitative estimate of drug-likeness (QED) is 0.0872. The summed E-state index contributed by atoms with van der Waals surface area (Å²) in [6.45, 7) is 20.3. The molecule has 0 aliphatic carbocycles. The number of allylic oxidation sites excluding steroid dienone is 1. The van der Waals surface area contributed by atoms with Crippen molar-refractivity contribution in [3.8, 4) is 0 Å². The van der Waals surface area contributed by atoms with Gasteiger partial charge in [0, 0.05) is 18.0 Å². The van der Waals surface area contributed by atoms with Crippen molar-refractivity contribution in [3.63, 3.8) is 0 Å².